The Kier molecular flexibility index (Phi) is 6.41. The molecule has 0 aliphatic heterocycles. The lowest BCUT2D eigenvalue weighted by Gasteiger charge is -2.25. The first-order chi connectivity index (χ1) is 10.9. The Morgan fingerprint density at radius 2 is 1.67 bits per heavy atom. The highest BCUT2D eigenvalue weighted by molar-refractivity contribution is 5.75. The number of hydrogen-bond acceptors (Lipinski definition) is 4. The Morgan fingerprint density at radius 1 is 1.08 bits per heavy atom. The molecular formula is C19H29NO4. The van der Waals surface area contributed by atoms with E-state index in [-0.39, 0.29) is 12.6 Å². The predicted molar refractivity (Wildman–Crippen MR) is 93.7 cm³/mol. The van der Waals surface area contributed by atoms with Crippen molar-refractivity contribution in [2.24, 2.45) is 5.41 Å². The Balaban J connectivity index is 2.90. The molecule has 1 atom stereocenters. The monoisotopic (exact) mass is 335 g/mol. The first kappa shape index (κ1) is 20.0. The fourth-order valence-electron chi connectivity index (χ4n) is 2.01. The number of benzene rings is 1. The zero-order valence-corrected chi connectivity index (χ0v) is 15.7. The molecule has 0 radical (unpaired) electrons. The summed E-state index contributed by atoms with van der Waals surface area (Å²) >= 11 is 0. The van der Waals surface area contributed by atoms with Gasteiger partial charge in [-0.05, 0) is 59.6 Å². The third-order valence-electron chi connectivity index (χ3n) is 3.25. The maximum absolute atomic E-state index is 12.1. The van der Waals surface area contributed by atoms with Gasteiger partial charge in [-0.2, -0.15) is 0 Å². The fourth-order valence-corrected chi connectivity index (χ4v) is 2.01. The van der Waals surface area contributed by atoms with Crippen molar-refractivity contribution in [3.05, 3.63) is 35.4 Å². The number of rotatable bonds is 4. The van der Waals surface area contributed by atoms with Crippen molar-refractivity contribution in [3.8, 4) is 0 Å². The molecule has 0 heterocycles. The van der Waals surface area contributed by atoms with Crippen LogP contribution in [0.2, 0.25) is 0 Å². The van der Waals surface area contributed by atoms with Crippen LogP contribution in [-0.4, -0.2) is 24.3 Å². The normalized spacial score (nSPS) is 13.1. The Hall–Kier alpha value is -2.04. The molecule has 1 amide bonds. The largest absolute Gasteiger partial charge is 0.463 e. The molecule has 0 aliphatic carbocycles. The van der Waals surface area contributed by atoms with Crippen molar-refractivity contribution >= 4 is 12.1 Å². The first-order valence-corrected chi connectivity index (χ1v) is 8.12. The number of hydrogen-bond donors (Lipinski definition) is 1. The van der Waals surface area contributed by atoms with Crippen LogP contribution in [0.4, 0.5) is 4.79 Å². The lowest BCUT2D eigenvalue weighted by molar-refractivity contribution is -0.153. The molecule has 0 saturated carbocycles. The molecule has 1 rings (SSSR count). The minimum Gasteiger partial charge on any atom is -0.463 e. The molecule has 1 unspecified atom stereocenters. The van der Waals surface area contributed by atoms with E-state index in [0.717, 1.165) is 11.1 Å². The average Bonchev–Trinajstić information content (AvgIpc) is 2.40. The van der Waals surface area contributed by atoms with Crippen molar-refractivity contribution in [3.63, 3.8) is 0 Å². The topological polar surface area (TPSA) is 64.6 Å². The second-order valence-electron chi connectivity index (χ2n) is 7.90. The number of carbonyl (C=O) groups excluding carboxylic acids is 2. The van der Waals surface area contributed by atoms with Crippen LogP contribution < -0.4 is 5.32 Å². The fraction of sp³-hybridized carbons (Fsp3) is 0.579. The second kappa shape index (κ2) is 7.69. The van der Waals surface area contributed by atoms with Crippen LogP contribution in [0.15, 0.2) is 24.3 Å². The molecule has 0 bridgehead atoms. The number of amides is 1. The quantitative estimate of drug-likeness (QED) is 0.840. The molecule has 0 fully saturated rings. The van der Waals surface area contributed by atoms with Gasteiger partial charge in [0.05, 0.1) is 11.5 Å². The van der Waals surface area contributed by atoms with Crippen molar-refractivity contribution < 1.29 is 19.1 Å². The van der Waals surface area contributed by atoms with Gasteiger partial charge in [0.15, 0.2) is 0 Å². The molecule has 0 spiro atoms. The van der Waals surface area contributed by atoms with E-state index in [9.17, 15) is 9.59 Å². The Labute approximate surface area is 144 Å². The maximum Gasteiger partial charge on any atom is 0.408 e. The van der Waals surface area contributed by atoms with E-state index in [0.29, 0.717) is 0 Å². The Morgan fingerprint density at radius 3 is 2.17 bits per heavy atom. The van der Waals surface area contributed by atoms with Crippen molar-refractivity contribution in [2.45, 2.75) is 60.1 Å². The highest BCUT2D eigenvalue weighted by atomic mass is 16.6. The standard InChI is InChI=1S/C19H29NO4/c1-13-10-8-9-11-14(13)15(12-23-16(21)18(2,3)4)20-17(22)24-19(5,6)7/h8-11,15H,12H2,1-7H3,(H,20,22). The third kappa shape index (κ3) is 6.60. The molecule has 5 nitrogen and oxygen atoms in total. The minimum atomic E-state index is -0.595. The van der Waals surface area contributed by atoms with Gasteiger partial charge in [-0.15, -0.1) is 0 Å². The number of carbonyl (C=O) groups is 2. The lowest BCUT2D eigenvalue weighted by Crippen LogP contribution is -2.38. The third-order valence-corrected chi connectivity index (χ3v) is 3.25. The zero-order valence-electron chi connectivity index (χ0n) is 15.7. The number of nitrogens with one attached hydrogen (secondary N) is 1. The predicted octanol–water partition coefficient (Wildman–Crippen LogP) is 4.15. The summed E-state index contributed by atoms with van der Waals surface area (Å²) in [5.41, 5.74) is 0.709. The van der Waals surface area contributed by atoms with E-state index in [1.54, 1.807) is 41.5 Å². The summed E-state index contributed by atoms with van der Waals surface area (Å²) in [7, 11) is 0. The van der Waals surface area contributed by atoms with E-state index in [1.165, 1.54) is 0 Å². The van der Waals surface area contributed by atoms with Crippen LogP contribution in [0.5, 0.6) is 0 Å². The molecule has 134 valence electrons. The van der Waals surface area contributed by atoms with Gasteiger partial charge in [-0.3, -0.25) is 4.79 Å². The smallest absolute Gasteiger partial charge is 0.408 e. The van der Waals surface area contributed by atoms with E-state index in [2.05, 4.69) is 5.32 Å². The van der Waals surface area contributed by atoms with Gasteiger partial charge in [-0.25, -0.2) is 4.79 Å². The van der Waals surface area contributed by atoms with E-state index >= 15 is 0 Å². The second-order valence-corrected chi connectivity index (χ2v) is 7.90. The van der Waals surface area contributed by atoms with Crippen LogP contribution in [0.1, 0.15) is 58.7 Å². The van der Waals surface area contributed by atoms with Crippen LogP contribution in [-0.2, 0) is 14.3 Å². The Bertz CT molecular complexity index is 582. The summed E-state index contributed by atoms with van der Waals surface area (Å²) < 4.78 is 10.7. The van der Waals surface area contributed by atoms with Crippen LogP contribution in [0.3, 0.4) is 0 Å². The molecule has 0 saturated heterocycles. The molecule has 5 heteroatoms. The molecular weight excluding hydrogens is 306 g/mol. The lowest BCUT2D eigenvalue weighted by atomic mass is 9.97. The zero-order chi connectivity index (χ0) is 18.5. The number of aryl methyl sites for hydroxylation is 1. The summed E-state index contributed by atoms with van der Waals surface area (Å²) in [6, 6.07) is 7.20. The average molecular weight is 335 g/mol. The summed E-state index contributed by atoms with van der Waals surface area (Å²) in [6.07, 6.45) is -0.539. The van der Waals surface area contributed by atoms with Gasteiger partial charge in [-0.1, -0.05) is 24.3 Å². The van der Waals surface area contributed by atoms with Gasteiger partial charge in [0.25, 0.3) is 0 Å². The SMILES string of the molecule is Cc1ccccc1C(COC(=O)C(C)(C)C)NC(=O)OC(C)(C)C. The highest BCUT2D eigenvalue weighted by Crippen LogP contribution is 2.21. The number of alkyl carbamates (subject to hydrolysis) is 1. The minimum absolute atomic E-state index is 0.0558. The maximum atomic E-state index is 12.1. The van der Waals surface area contributed by atoms with Gasteiger partial charge >= 0.3 is 12.1 Å². The van der Waals surface area contributed by atoms with Gasteiger partial charge < -0.3 is 14.8 Å². The van der Waals surface area contributed by atoms with Gasteiger partial charge in [0.1, 0.15) is 12.2 Å². The molecule has 1 aromatic rings. The number of ether oxygens (including phenoxy) is 2. The summed E-state index contributed by atoms with van der Waals surface area (Å²) in [5, 5.41) is 2.80. The van der Waals surface area contributed by atoms with Crippen LogP contribution >= 0.6 is 0 Å². The molecule has 0 aliphatic rings. The van der Waals surface area contributed by atoms with Crippen molar-refractivity contribution in [1.82, 2.24) is 5.32 Å². The van der Waals surface area contributed by atoms with Crippen molar-refractivity contribution in [2.75, 3.05) is 6.61 Å². The van der Waals surface area contributed by atoms with E-state index in [1.807, 2.05) is 31.2 Å². The highest BCUT2D eigenvalue weighted by Gasteiger charge is 2.26. The van der Waals surface area contributed by atoms with Crippen LogP contribution in [0.25, 0.3) is 0 Å². The summed E-state index contributed by atoms with van der Waals surface area (Å²) in [4.78, 5) is 24.2. The van der Waals surface area contributed by atoms with Crippen LogP contribution in [0, 0.1) is 12.3 Å². The van der Waals surface area contributed by atoms with E-state index in [4.69, 9.17) is 9.47 Å². The summed E-state index contributed by atoms with van der Waals surface area (Å²) in [5.74, 6) is -0.313. The van der Waals surface area contributed by atoms with Gasteiger partial charge in [0.2, 0.25) is 0 Å². The summed E-state index contributed by atoms with van der Waals surface area (Å²) in [6.45, 7) is 12.8. The van der Waals surface area contributed by atoms with Crippen molar-refractivity contribution in [1.29, 1.82) is 0 Å². The molecule has 1 N–H and O–H groups in total. The number of esters is 1. The van der Waals surface area contributed by atoms with E-state index < -0.39 is 23.2 Å². The van der Waals surface area contributed by atoms with Gasteiger partial charge in [0, 0.05) is 0 Å². The first-order valence-electron chi connectivity index (χ1n) is 8.12. The molecule has 0 aromatic heterocycles. The molecule has 24 heavy (non-hydrogen) atoms. The molecule has 1 aromatic carbocycles.